The fraction of sp³-hybridized carbons (Fsp3) is 0.231. The molecule has 0 saturated heterocycles. The summed E-state index contributed by atoms with van der Waals surface area (Å²) in [7, 11) is 0. The molecule has 0 bridgehead atoms. The number of carboxylic acid groups (broad SMARTS) is 1. The lowest BCUT2D eigenvalue weighted by atomic mass is 10.1. The second-order valence-electron chi connectivity index (χ2n) is 3.76. The molecule has 0 fully saturated rings. The standard InChI is InChI=1S/C13H13NO3S/c15-6-3-7-18-12-10-5-2-1-4-9(10)8-11(14-12)13(16)17/h1-2,4-5,8,15H,3,6-7H2,(H,16,17). The molecule has 1 aromatic carbocycles. The number of carboxylic acids is 1. The van der Waals surface area contributed by atoms with Crippen molar-refractivity contribution >= 4 is 28.5 Å². The molecule has 2 rings (SSSR count). The lowest BCUT2D eigenvalue weighted by molar-refractivity contribution is 0.0690. The minimum absolute atomic E-state index is 0.0557. The molecule has 0 aliphatic heterocycles. The predicted octanol–water partition coefficient (Wildman–Crippen LogP) is 2.41. The van der Waals surface area contributed by atoms with Crippen LogP contribution in [0, 0.1) is 0 Å². The molecule has 0 atom stereocenters. The summed E-state index contributed by atoms with van der Waals surface area (Å²) < 4.78 is 0. The van der Waals surface area contributed by atoms with E-state index in [0.717, 1.165) is 16.5 Å². The van der Waals surface area contributed by atoms with E-state index in [1.165, 1.54) is 11.8 Å². The molecule has 0 aliphatic carbocycles. The van der Waals surface area contributed by atoms with E-state index in [4.69, 9.17) is 10.2 Å². The van der Waals surface area contributed by atoms with Crippen molar-refractivity contribution in [3.63, 3.8) is 0 Å². The summed E-state index contributed by atoms with van der Waals surface area (Å²) in [5, 5.41) is 20.3. The largest absolute Gasteiger partial charge is 0.477 e. The number of aliphatic hydroxyl groups excluding tert-OH is 1. The van der Waals surface area contributed by atoms with Crippen molar-refractivity contribution in [3.8, 4) is 0 Å². The molecule has 18 heavy (non-hydrogen) atoms. The maximum atomic E-state index is 11.0. The number of carbonyl (C=O) groups is 1. The van der Waals surface area contributed by atoms with Gasteiger partial charge in [0.1, 0.15) is 10.7 Å². The Morgan fingerprint density at radius 2 is 2.11 bits per heavy atom. The van der Waals surface area contributed by atoms with Crippen molar-refractivity contribution in [1.29, 1.82) is 0 Å². The summed E-state index contributed by atoms with van der Waals surface area (Å²) in [5.74, 6) is -0.305. The number of aromatic nitrogens is 1. The molecule has 2 N–H and O–H groups in total. The molecule has 0 amide bonds. The van der Waals surface area contributed by atoms with Crippen LogP contribution in [0.25, 0.3) is 10.8 Å². The first-order chi connectivity index (χ1) is 8.72. The van der Waals surface area contributed by atoms with Crippen LogP contribution in [0.2, 0.25) is 0 Å². The zero-order valence-electron chi connectivity index (χ0n) is 9.67. The van der Waals surface area contributed by atoms with Crippen LogP contribution >= 0.6 is 11.8 Å². The van der Waals surface area contributed by atoms with E-state index in [9.17, 15) is 4.79 Å². The second-order valence-corrected chi connectivity index (χ2v) is 4.85. The van der Waals surface area contributed by atoms with Gasteiger partial charge >= 0.3 is 5.97 Å². The summed E-state index contributed by atoms with van der Waals surface area (Å²) in [4.78, 5) is 15.2. The number of benzene rings is 1. The van der Waals surface area contributed by atoms with Gasteiger partial charge in [-0.2, -0.15) is 0 Å². The van der Waals surface area contributed by atoms with Crippen LogP contribution in [0.15, 0.2) is 35.4 Å². The van der Waals surface area contributed by atoms with Gasteiger partial charge in [-0.3, -0.25) is 0 Å². The summed E-state index contributed by atoms with van der Waals surface area (Å²) >= 11 is 1.47. The molecule has 94 valence electrons. The lowest BCUT2D eigenvalue weighted by Crippen LogP contribution is -2.01. The predicted molar refractivity (Wildman–Crippen MR) is 71.1 cm³/mol. The number of thioether (sulfide) groups is 1. The monoisotopic (exact) mass is 263 g/mol. The number of hydrogen-bond donors (Lipinski definition) is 2. The number of nitrogens with zero attached hydrogens (tertiary/aromatic N) is 1. The lowest BCUT2D eigenvalue weighted by Gasteiger charge is -2.06. The Kier molecular flexibility index (Phi) is 4.17. The number of aromatic carboxylic acids is 1. The first-order valence-corrected chi connectivity index (χ1v) is 6.57. The SMILES string of the molecule is O=C(O)c1cc2ccccc2c(SCCCO)n1. The second kappa shape index (κ2) is 5.84. The topological polar surface area (TPSA) is 70.4 Å². The van der Waals surface area contributed by atoms with Crippen molar-refractivity contribution in [2.75, 3.05) is 12.4 Å². The number of hydrogen-bond acceptors (Lipinski definition) is 4. The van der Waals surface area contributed by atoms with Crippen molar-refractivity contribution in [2.24, 2.45) is 0 Å². The van der Waals surface area contributed by atoms with Gasteiger partial charge in [0.2, 0.25) is 0 Å². The molecular formula is C13H13NO3S. The van der Waals surface area contributed by atoms with E-state index in [2.05, 4.69) is 4.98 Å². The van der Waals surface area contributed by atoms with Crippen molar-refractivity contribution < 1.29 is 15.0 Å². The van der Waals surface area contributed by atoms with Crippen molar-refractivity contribution in [2.45, 2.75) is 11.4 Å². The Bertz CT molecular complexity index is 571. The number of rotatable bonds is 5. The van der Waals surface area contributed by atoms with Crippen LogP contribution < -0.4 is 0 Å². The molecule has 0 radical (unpaired) electrons. The first-order valence-electron chi connectivity index (χ1n) is 5.59. The van der Waals surface area contributed by atoms with Gasteiger partial charge in [-0.25, -0.2) is 9.78 Å². The van der Waals surface area contributed by atoms with Crippen LogP contribution in [-0.4, -0.2) is 33.5 Å². The molecule has 2 aromatic rings. The fourth-order valence-corrected chi connectivity index (χ4v) is 2.59. The Balaban J connectivity index is 2.43. The van der Waals surface area contributed by atoms with Gasteiger partial charge < -0.3 is 10.2 Å². The highest BCUT2D eigenvalue weighted by Gasteiger charge is 2.10. The Hall–Kier alpha value is -1.59. The van der Waals surface area contributed by atoms with E-state index >= 15 is 0 Å². The average molecular weight is 263 g/mol. The molecule has 4 nitrogen and oxygen atoms in total. The van der Waals surface area contributed by atoms with Gasteiger partial charge in [-0.05, 0) is 17.9 Å². The van der Waals surface area contributed by atoms with Gasteiger partial charge in [0.25, 0.3) is 0 Å². The van der Waals surface area contributed by atoms with Gasteiger partial charge in [0, 0.05) is 17.7 Å². The molecule has 0 saturated carbocycles. The van der Waals surface area contributed by atoms with Crippen LogP contribution in [0.1, 0.15) is 16.9 Å². The molecule has 1 aromatic heterocycles. The van der Waals surface area contributed by atoms with E-state index < -0.39 is 5.97 Å². The van der Waals surface area contributed by atoms with Crippen LogP contribution in [-0.2, 0) is 0 Å². The maximum Gasteiger partial charge on any atom is 0.354 e. The number of aliphatic hydroxyl groups is 1. The van der Waals surface area contributed by atoms with E-state index in [-0.39, 0.29) is 12.3 Å². The third-order valence-corrected chi connectivity index (χ3v) is 3.54. The molecule has 0 aliphatic rings. The fourth-order valence-electron chi connectivity index (χ4n) is 1.62. The minimum Gasteiger partial charge on any atom is -0.477 e. The third-order valence-electron chi connectivity index (χ3n) is 2.47. The van der Waals surface area contributed by atoms with Crippen molar-refractivity contribution in [1.82, 2.24) is 4.98 Å². The number of pyridine rings is 1. The molecule has 0 unspecified atom stereocenters. The summed E-state index contributed by atoms with van der Waals surface area (Å²) in [5.41, 5.74) is 0.0557. The van der Waals surface area contributed by atoms with E-state index in [0.29, 0.717) is 11.4 Å². The zero-order chi connectivity index (χ0) is 13.0. The van der Waals surface area contributed by atoms with Gasteiger partial charge in [-0.15, -0.1) is 11.8 Å². The summed E-state index contributed by atoms with van der Waals surface area (Å²) in [6.45, 7) is 0.129. The normalized spacial score (nSPS) is 10.7. The highest BCUT2D eigenvalue weighted by atomic mass is 32.2. The molecule has 0 spiro atoms. The Morgan fingerprint density at radius 1 is 1.33 bits per heavy atom. The first kappa shape index (κ1) is 12.9. The molecular weight excluding hydrogens is 250 g/mol. The van der Waals surface area contributed by atoms with Gasteiger partial charge in [0.05, 0.1) is 0 Å². The maximum absolute atomic E-state index is 11.0. The van der Waals surface area contributed by atoms with Crippen LogP contribution in [0.5, 0.6) is 0 Å². The van der Waals surface area contributed by atoms with Crippen molar-refractivity contribution in [3.05, 3.63) is 36.0 Å². The summed E-state index contributed by atoms with van der Waals surface area (Å²) in [6, 6.07) is 9.15. The third kappa shape index (κ3) is 2.80. The highest BCUT2D eigenvalue weighted by molar-refractivity contribution is 7.99. The number of fused-ring (bicyclic) bond motifs is 1. The van der Waals surface area contributed by atoms with E-state index in [1.54, 1.807) is 6.07 Å². The Labute approximate surface area is 109 Å². The zero-order valence-corrected chi connectivity index (χ0v) is 10.5. The van der Waals surface area contributed by atoms with Crippen LogP contribution in [0.3, 0.4) is 0 Å². The molecule has 1 heterocycles. The van der Waals surface area contributed by atoms with Crippen LogP contribution in [0.4, 0.5) is 0 Å². The quantitative estimate of drug-likeness (QED) is 0.640. The molecule has 5 heteroatoms. The van der Waals surface area contributed by atoms with Gasteiger partial charge in [-0.1, -0.05) is 24.3 Å². The van der Waals surface area contributed by atoms with Gasteiger partial charge in [0.15, 0.2) is 0 Å². The average Bonchev–Trinajstić information content (AvgIpc) is 2.38. The highest BCUT2D eigenvalue weighted by Crippen LogP contribution is 2.27. The Morgan fingerprint density at radius 3 is 2.83 bits per heavy atom. The minimum atomic E-state index is -1.02. The smallest absolute Gasteiger partial charge is 0.354 e. The summed E-state index contributed by atoms with van der Waals surface area (Å²) in [6.07, 6.45) is 0.665. The van der Waals surface area contributed by atoms with E-state index in [1.807, 2.05) is 24.3 Å².